The van der Waals surface area contributed by atoms with Crippen LogP contribution < -0.4 is 10.6 Å². The highest BCUT2D eigenvalue weighted by atomic mass is 127. The van der Waals surface area contributed by atoms with Gasteiger partial charge in [0.15, 0.2) is 0 Å². The molecule has 1 atom stereocenters. The Hall–Kier alpha value is -1.57. The van der Waals surface area contributed by atoms with Crippen molar-refractivity contribution in [2.45, 2.75) is 32.9 Å². The van der Waals surface area contributed by atoms with E-state index in [9.17, 15) is 4.79 Å². The molecule has 0 saturated carbocycles. The van der Waals surface area contributed by atoms with E-state index in [1.807, 2.05) is 45.0 Å². The van der Waals surface area contributed by atoms with Crippen LogP contribution in [0, 0.1) is 3.57 Å². The number of halogens is 1. The average Bonchev–Trinajstić information content (AvgIpc) is 2.87. The van der Waals surface area contributed by atoms with E-state index in [0.717, 1.165) is 9.26 Å². The second-order valence-corrected chi connectivity index (χ2v) is 6.37. The monoisotopic (exact) mass is 398 g/mol. The minimum Gasteiger partial charge on any atom is -0.374 e. The Balaban J connectivity index is 2.01. The van der Waals surface area contributed by atoms with Gasteiger partial charge in [-0.1, -0.05) is 6.07 Å². The van der Waals surface area contributed by atoms with E-state index in [-0.39, 0.29) is 18.0 Å². The molecule has 2 aromatic rings. The normalized spacial score (nSPS) is 12.2. The summed E-state index contributed by atoms with van der Waals surface area (Å²) in [5.74, 6) is 0.627. The highest BCUT2D eigenvalue weighted by Crippen LogP contribution is 2.16. The fraction of sp³-hybridized carbons (Fsp3) is 0.333. The third-order valence-corrected chi connectivity index (χ3v) is 3.68. The zero-order valence-corrected chi connectivity index (χ0v) is 14.5. The second kappa shape index (κ2) is 6.93. The molecule has 0 fully saturated rings. The molecule has 1 aromatic heterocycles. The van der Waals surface area contributed by atoms with Gasteiger partial charge in [-0.2, -0.15) is 5.10 Å². The molecule has 1 heterocycles. The Morgan fingerprint density at radius 2 is 2.05 bits per heavy atom. The molecule has 0 aliphatic rings. The lowest BCUT2D eigenvalue weighted by atomic mass is 10.2. The summed E-state index contributed by atoms with van der Waals surface area (Å²) in [6.45, 7) is 5.89. The van der Waals surface area contributed by atoms with Gasteiger partial charge in [0.1, 0.15) is 11.9 Å². The predicted molar refractivity (Wildman–Crippen MR) is 93.5 cm³/mol. The molecule has 5 nitrogen and oxygen atoms in total. The molecule has 21 heavy (non-hydrogen) atoms. The number of benzene rings is 1. The molecule has 1 aromatic carbocycles. The third-order valence-electron chi connectivity index (χ3n) is 3.01. The van der Waals surface area contributed by atoms with Crippen molar-refractivity contribution in [2.24, 2.45) is 0 Å². The van der Waals surface area contributed by atoms with Crippen LogP contribution in [-0.2, 0) is 4.79 Å². The summed E-state index contributed by atoms with van der Waals surface area (Å²) in [6.07, 6.45) is 1.69. The second-order valence-electron chi connectivity index (χ2n) is 5.12. The van der Waals surface area contributed by atoms with Crippen molar-refractivity contribution in [2.75, 3.05) is 10.6 Å². The Morgan fingerprint density at radius 1 is 1.29 bits per heavy atom. The van der Waals surface area contributed by atoms with Crippen molar-refractivity contribution < 1.29 is 4.79 Å². The minimum atomic E-state index is -0.335. The van der Waals surface area contributed by atoms with Gasteiger partial charge in [0, 0.05) is 21.4 Å². The van der Waals surface area contributed by atoms with Crippen LogP contribution in [0.5, 0.6) is 0 Å². The molecule has 0 saturated heterocycles. The molecule has 2 N–H and O–H groups in total. The predicted octanol–water partition coefficient (Wildman–Crippen LogP) is 3.51. The van der Waals surface area contributed by atoms with E-state index in [1.165, 1.54) is 0 Å². The van der Waals surface area contributed by atoms with Gasteiger partial charge in [0.25, 0.3) is 0 Å². The number of nitrogens with zero attached hydrogens (tertiary/aromatic N) is 2. The lowest BCUT2D eigenvalue weighted by molar-refractivity contribution is -0.116. The van der Waals surface area contributed by atoms with Gasteiger partial charge >= 0.3 is 0 Å². The van der Waals surface area contributed by atoms with Crippen LogP contribution in [-0.4, -0.2) is 21.7 Å². The summed E-state index contributed by atoms with van der Waals surface area (Å²) in [5.41, 5.74) is 0.932. The van der Waals surface area contributed by atoms with Gasteiger partial charge in [0.05, 0.1) is 6.20 Å². The number of carbonyl (C=O) groups is 1. The molecular formula is C15H19IN4O. The van der Waals surface area contributed by atoms with Crippen LogP contribution in [0.1, 0.15) is 26.8 Å². The smallest absolute Gasteiger partial charge is 0.247 e. The number of hydrogen-bond acceptors (Lipinski definition) is 3. The standard InChI is InChI=1S/C15H19IN4O/c1-10(2)20-14(7-8-17-20)19-15(21)11(3)18-13-6-4-5-12(16)9-13/h4-11,18H,1-3H3,(H,19,21). The number of hydrogen-bond donors (Lipinski definition) is 2. The topological polar surface area (TPSA) is 59.0 Å². The molecule has 0 spiro atoms. The first-order chi connectivity index (χ1) is 9.97. The number of amides is 1. The SMILES string of the molecule is CC(Nc1cccc(I)c1)C(=O)Nc1ccnn1C(C)C. The maximum atomic E-state index is 12.3. The zero-order valence-electron chi connectivity index (χ0n) is 12.3. The van der Waals surface area contributed by atoms with E-state index in [1.54, 1.807) is 16.9 Å². The van der Waals surface area contributed by atoms with E-state index in [0.29, 0.717) is 5.82 Å². The van der Waals surface area contributed by atoms with Gasteiger partial charge in [0.2, 0.25) is 5.91 Å². The van der Waals surface area contributed by atoms with Crippen molar-refractivity contribution in [1.29, 1.82) is 0 Å². The Labute approximate surface area is 138 Å². The highest BCUT2D eigenvalue weighted by molar-refractivity contribution is 14.1. The fourth-order valence-corrected chi connectivity index (χ4v) is 2.50. The lowest BCUT2D eigenvalue weighted by Crippen LogP contribution is -2.32. The lowest BCUT2D eigenvalue weighted by Gasteiger charge is -2.17. The van der Waals surface area contributed by atoms with Crippen molar-refractivity contribution in [3.05, 3.63) is 40.1 Å². The Kier molecular flexibility index (Phi) is 5.22. The summed E-state index contributed by atoms with van der Waals surface area (Å²) < 4.78 is 2.92. The summed E-state index contributed by atoms with van der Waals surface area (Å²) in [4.78, 5) is 12.3. The molecule has 1 unspecified atom stereocenters. The molecule has 6 heteroatoms. The number of nitrogens with one attached hydrogen (secondary N) is 2. The van der Waals surface area contributed by atoms with Crippen LogP contribution in [0.25, 0.3) is 0 Å². The number of anilines is 2. The first-order valence-electron chi connectivity index (χ1n) is 6.84. The van der Waals surface area contributed by atoms with Crippen molar-refractivity contribution in [3.8, 4) is 0 Å². The molecule has 2 rings (SSSR count). The van der Waals surface area contributed by atoms with Gasteiger partial charge in [-0.15, -0.1) is 0 Å². The van der Waals surface area contributed by atoms with Gasteiger partial charge in [-0.3, -0.25) is 4.79 Å². The van der Waals surface area contributed by atoms with Crippen LogP contribution in [0.3, 0.4) is 0 Å². The largest absolute Gasteiger partial charge is 0.374 e. The average molecular weight is 398 g/mol. The molecule has 0 aliphatic heterocycles. The molecular weight excluding hydrogens is 379 g/mol. The van der Waals surface area contributed by atoms with E-state index < -0.39 is 0 Å². The van der Waals surface area contributed by atoms with Crippen LogP contribution in [0.2, 0.25) is 0 Å². The molecule has 0 aliphatic carbocycles. The number of carbonyl (C=O) groups excluding carboxylic acids is 1. The fourth-order valence-electron chi connectivity index (χ4n) is 1.95. The minimum absolute atomic E-state index is 0.0868. The van der Waals surface area contributed by atoms with E-state index >= 15 is 0 Å². The summed E-state index contributed by atoms with van der Waals surface area (Å²) in [6, 6.07) is 9.59. The number of aromatic nitrogens is 2. The quantitative estimate of drug-likeness (QED) is 0.758. The molecule has 0 radical (unpaired) electrons. The van der Waals surface area contributed by atoms with Crippen LogP contribution in [0.15, 0.2) is 36.5 Å². The molecule has 0 bridgehead atoms. The highest BCUT2D eigenvalue weighted by Gasteiger charge is 2.15. The van der Waals surface area contributed by atoms with Gasteiger partial charge in [-0.25, -0.2) is 4.68 Å². The molecule has 112 valence electrons. The zero-order chi connectivity index (χ0) is 15.4. The van der Waals surface area contributed by atoms with E-state index in [4.69, 9.17) is 0 Å². The molecule has 1 amide bonds. The summed E-state index contributed by atoms with van der Waals surface area (Å²) >= 11 is 2.25. The van der Waals surface area contributed by atoms with Crippen LogP contribution in [0.4, 0.5) is 11.5 Å². The first-order valence-corrected chi connectivity index (χ1v) is 7.91. The van der Waals surface area contributed by atoms with E-state index in [2.05, 4.69) is 38.3 Å². The van der Waals surface area contributed by atoms with Gasteiger partial charge < -0.3 is 10.6 Å². The van der Waals surface area contributed by atoms with Crippen molar-refractivity contribution in [1.82, 2.24) is 9.78 Å². The summed E-state index contributed by atoms with van der Waals surface area (Å²) in [7, 11) is 0. The van der Waals surface area contributed by atoms with Crippen LogP contribution >= 0.6 is 22.6 Å². The number of rotatable bonds is 5. The third kappa shape index (κ3) is 4.20. The van der Waals surface area contributed by atoms with Crippen molar-refractivity contribution in [3.63, 3.8) is 0 Å². The Morgan fingerprint density at radius 3 is 2.71 bits per heavy atom. The Bertz CT molecular complexity index is 624. The first kappa shape index (κ1) is 15.8. The van der Waals surface area contributed by atoms with Crippen molar-refractivity contribution >= 4 is 40.0 Å². The summed E-state index contributed by atoms with van der Waals surface area (Å²) in [5, 5.41) is 10.3. The van der Waals surface area contributed by atoms with Gasteiger partial charge in [-0.05, 0) is 61.6 Å². The maximum absolute atomic E-state index is 12.3. The maximum Gasteiger partial charge on any atom is 0.247 e.